The molecule has 194 valence electrons. The van der Waals surface area contributed by atoms with E-state index in [1.807, 2.05) is 66.7 Å². The summed E-state index contributed by atoms with van der Waals surface area (Å²) in [5.41, 5.74) is 3.45. The maximum absolute atomic E-state index is 9.68. The Balaban J connectivity index is 1.41. The zero-order valence-electron chi connectivity index (χ0n) is 32.9. The van der Waals surface area contributed by atoms with E-state index in [1.165, 1.54) is 0 Å². The molecule has 0 atom stereocenters. The molecule has 7 aromatic carbocycles. The quantitative estimate of drug-likeness (QED) is 0.203. The van der Waals surface area contributed by atoms with Gasteiger partial charge in [-0.1, -0.05) is 121 Å². The van der Waals surface area contributed by atoms with E-state index < -0.39 is 54.4 Å². The SMILES string of the molecule is [2H]c1c([2H])c([2H])c2c(c1[2H])c1c([2H])c([2H])c([2H])c([2H])c1c1c([2H])c(-c3ccc(-c4ccc5ccc6cccnc6c5n4)c4ccccc34)c([2H])c([2H])c21. The first-order chi connectivity index (χ1) is 25.4. The van der Waals surface area contributed by atoms with E-state index in [0.29, 0.717) is 16.6 Å². The second-order valence-electron chi connectivity index (χ2n) is 10.1. The average molecular weight is 544 g/mol. The molecule has 0 saturated carbocycles. The molecule has 2 nitrogen and oxygen atoms in total. The largest absolute Gasteiger partial charge is 0.254 e. The fraction of sp³-hybridized carbons (Fsp3) is 0. The Labute approximate surface area is 258 Å². The highest BCUT2D eigenvalue weighted by molar-refractivity contribution is 6.26. The van der Waals surface area contributed by atoms with Crippen molar-refractivity contribution in [2.24, 2.45) is 0 Å². The van der Waals surface area contributed by atoms with Crippen LogP contribution in [0.2, 0.25) is 0 Å². The monoisotopic (exact) mass is 543 g/mol. The molecule has 0 bridgehead atoms. The molecule has 0 saturated heterocycles. The fourth-order valence-corrected chi connectivity index (χ4v) is 5.91. The second-order valence-corrected chi connectivity index (χ2v) is 10.1. The number of benzene rings is 7. The molecule has 9 rings (SSSR count). The molecule has 2 heteroatoms. The van der Waals surface area contributed by atoms with Crippen molar-refractivity contribution in [1.82, 2.24) is 9.97 Å². The van der Waals surface area contributed by atoms with E-state index in [1.54, 1.807) is 12.3 Å². The second kappa shape index (κ2) is 8.95. The van der Waals surface area contributed by atoms with Crippen LogP contribution >= 0.6 is 0 Å². The lowest BCUT2D eigenvalue weighted by atomic mass is 9.90. The summed E-state index contributed by atoms with van der Waals surface area (Å²) in [5, 5.41) is 2.37. The Bertz CT molecular complexity index is 3100. The lowest BCUT2D eigenvalue weighted by molar-refractivity contribution is 1.37. The Morgan fingerprint density at radius 1 is 0.452 bits per heavy atom. The van der Waals surface area contributed by atoms with Gasteiger partial charge in [0.15, 0.2) is 0 Å². The number of hydrogen-bond donors (Lipinski definition) is 0. The minimum Gasteiger partial charge on any atom is -0.254 e. The third-order valence-corrected chi connectivity index (χ3v) is 7.84. The first-order valence-electron chi connectivity index (χ1n) is 18.9. The predicted octanol–water partition coefficient (Wildman–Crippen LogP) is 10.7. The molecule has 0 unspecified atom stereocenters. The van der Waals surface area contributed by atoms with Crippen LogP contribution in [0, 0.1) is 0 Å². The molecule has 0 aliphatic rings. The van der Waals surface area contributed by atoms with Crippen molar-refractivity contribution in [2.45, 2.75) is 0 Å². The van der Waals surface area contributed by atoms with Crippen molar-refractivity contribution in [2.75, 3.05) is 0 Å². The van der Waals surface area contributed by atoms with Gasteiger partial charge in [0.05, 0.1) is 31.8 Å². The summed E-state index contributed by atoms with van der Waals surface area (Å²) in [7, 11) is 0. The van der Waals surface area contributed by atoms with Crippen molar-refractivity contribution in [1.29, 1.82) is 0 Å². The van der Waals surface area contributed by atoms with Crippen molar-refractivity contribution in [3.8, 4) is 22.4 Å². The third-order valence-electron chi connectivity index (χ3n) is 7.84. The van der Waals surface area contributed by atoms with Crippen LogP contribution in [-0.2, 0) is 0 Å². The van der Waals surface area contributed by atoms with E-state index in [4.69, 9.17) is 16.0 Å². The molecule has 2 heterocycles. The minimum absolute atomic E-state index is 0.0424. The van der Waals surface area contributed by atoms with Gasteiger partial charge in [-0.2, -0.15) is 0 Å². The summed E-state index contributed by atoms with van der Waals surface area (Å²) < 4.78 is 97.6. The molecule has 0 spiro atoms. The van der Waals surface area contributed by atoms with Crippen LogP contribution in [0.4, 0.5) is 0 Å². The van der Waals surface area contributed by atoms with Gasteiger partial charge < -0.3 is 0 Å². The highest BCUT2D eigenvalue weighted by atomic mass is 14.8. The van der Waals surface area contributed by atoms with Gasteiger partial charge in [-0.25, -0.2) is 4.98 Å². The topological polar surface area (TPSA) is 25.8 Å². The van der Waals surface area contributed by atoms with Gasteiger partial charge in [-0.05, 0) is 72.4 Å². The third kappa shape index (κ3) is 3.39. The van der Waals surface area contributed by atoms with Crippen molar-refractivity contribution >= 4 is 64.9 Å². The summed E-state index contributed by atoms with van der Waals surface area (Å²) in [6.07, 6.45) is 1.73. The first-order valence-corrected chi connectivity index (χ1v) is 13.4. The normalized spacial score (nSPS) is 15.5. The molecule has 0 fully saturated rings. The van der Waals surface area contributed by atoms with Crippen LogP contribution in [0.25, 0.3) is 87.3 Å². The highest BCUT2D eigenvalue weighted by Crippen LogP contribution is 2.40. The Morgan fingerprint density at radius 2 is 1.05 bits per heavy atom. The van der Waals surface area contributed by atoms with Gasteiger partial charge in [0.1, 0.15) is 0 Å². The zero-order valence-corrected chi connectivity index (χ0v) is 21.9. The molecule has 2 aromatic heterocycles. The van der Waals surface area contributed by atoms with E-state index in [9.17, 15) is 4.11 Å². The highest BCUT2D eigenvalue weighted by Gasteiger charge is 2.14. The number of rotatable bonds is 2. The maximum atomic E-state index is 9.68. The molecule has 0 radical (unpaired) electrons. The molecule has 9 aromatic rings. The van der Waals surface area contributed by atoms with E-state index in [-0.39, 0.29) is 50.0 Å². The summed E-state index contributed by atoms with van der Waals surface area (Å²) in [6, 6.07) is 17.2. The summed E-state index contributed by atoms with van der Waals surface area (Å²) in [6.45, 7) is 0. The lowest BCUT2D eigenvalue weighted by Gasteiger charge is -2.15. The standard InChI is InChI=1S/C40H24N2/c1-5-13-33-29(9-1)28(20-21-36(33)38-22-18-26-16-15-25-8-7-23-41-39(25)40(26)42-38)27-17-19-35-32-12-3-2-10-30(32)31-11-4-6-14-34(31)37(35)24-27/h1-24H/i2D,3D,4D,6D,10D,11D,12D,14D,17D,19D,24D. The summed E-state index contributed by atoms with van der Waals surface area (Å²) in [5.74, 6) is 0. The molecule has 0 N–H and O–H groups in total. The smallest absolute Gasteiger partial charge is 0.0972 e. The van der Waals surface area contributed by atoms with Crippen LogP contribution in [0.3, 0.4) is 0 Å². The first kappa shape index (κ1) is 14.9. The molecule has 0 aliphatic heterocycles. The molecule has 0 aliphatic carbocycles. The number of nitrogens with zero attached hydrogens (tertiary/aromatic N) is 2. The van der Waals surface area contributed by atoms with Gasteiger partial charge in [0.2, 0.25) is 0 Å². The molecule has 0 amide bonds. The van der Waals surface area contributed by atoms with Gasteiger partial charge in [0.25, 0.3) is 0 Å². The van der Waals surface area contributed by atoms with Crippen molar-refractivity contribution in [3.05, 3.63) is 145 Å². The average Bonchev–Trinajstić information content (AvgIpc) is 3.18. The minimum atomic E-state index is -0.604. The summed E-state index contributed by atoms with van der Waals surface area (Å²) >= 11 is 0. The van der Waals surface area contributed by atoms with Gasteiger partial charge in [-0.3, -0.25) is 4.98 Å². The van der Waals surface area contributed by atoms with Gasteiger partial charge in [0, 0.05) is 22.5 Å². The Morgan fingerprint density at radius 3 is 1.79 bits per heavy atom. The maximum Gasteiger partial charge on any atom is 0.0972 e. The Kier molecular flexibility index (Phi) is 3.17. The van der Waals surface area contributed by atoms with Gasteiger partial charge >= 0.3 is 0 Å². The van der Waals surface area contributed by atoms with E-state index in [0.717, 1.165) is 32.8 Å². The van der Waals surface area contributed by atoms with Crippen LogP contribution in [0.1, 0.15) is 15.1 Å². The van der Waals surface area contributed by atoms with Crippen LogP contribution < -0.4 is 0 Å². The van der Waals surface area contributed by atoms with Crippen molar-refractivity contribution < 1.29 is 15.1 Å². The number of fused-ring (bicyclic) bond motifs is 10. The fourth-order valence-electron chi connectivity index (χ4n) is 5.91. The summed E-state index contributed by atoms with van der Waals surface area (Å²) in [4.78, 5) is 9.62. The molecule has 42 heavy (non-hydrogen) atoms. The van der Waals surface area contributed by atoms with Crippen LogP contribution in [0.15, 0.2) is 145 Å². The number of aromatic nitrogens is 2. The van der Waals surface area contributed by atoms with Crippen LogP contribution in [-0.4, -0.2) is 9.97 Å². The molecular formula is C40H24N2. The lowest BCUT2D eigenvalue weighted by Crippen LogP contribution is -1.91. The Hall–Kier alpha value is -5.60. The predicted molar refractivity (Wildman–Crippen MR) is 178 cm³/mol. The molecular weight excluding hydrogens is 508 g/mol. The number of hydrogen-bond acceptors (Lipinski definition) is 2. The number of pyridine rings is 2. The van der Waals surface area contributed by atoms with E-state index in [2.05, 4.69) is 4.98 Å². The zero-order chi connectivity index (χ0) is 37.2. The van der Waals surface area contributed by atoms with Gasteiger partial charge in [-0.15, -0.1) is 0 Å². The van der Waals surface area contributed by atoms with Crippen LogP contribution in [0.5, 0.6) is 0 Å². The van der Waals surface area contributed by atoms with E-state index >= 15 is 0 Å². The van der Waals surface area contributed by atoms with Crippen molar-refractivity contribution in [3.63, 3.8) is 0 Å².